The summed E-state index contributed by atoms with van der Waals surface area (Å²) < 4.78 is 24.4. The minimum Gasteiger partial charge on any atom is -0.449 e. The van der Waals surface area contributed by atoms with Gasteiger partial charge in [0.05, 0.1) is 24.3 Å². The lowest BCUT2D eigenvalue weighted by atomic mass is 9.43. The van der Waals surface area contributed by atoms with Crippen molar-refractivity contribution in [3.05, 3.63) is 35.4 Å². The standard InChI is InChI=1S/C30H45BN2O6/c1-19-8-10-20(11-9-19)14-25(31-38-24-16-22-15-23(29(22,5)6)30(24,7)39-31)32-26(34)36-18-21-12-13-33(17-21)27(35)37-28(2,3)4/h8-11,21-25H,12-18H2,1-7H3,(H,32,34)/t21-,22-,23-,24?,25-,30-/m0/s1. The maximum Gasteiger partial charge on any atom is 0.482 e. The molecule has 39 heavy (non-hydrogen) atoms. The summed E-state index contributed by atoms with van der Waals surface area (Å²) in [6, 6.07) is 8.33. The van der Waals surface area contributed by atoms with Crippen LogP contribution in [0.3, 0.4) is 0 Å². The quantitative estimate of drug-likeness (QED) is 0.502. The second-order valence-corrected chi connectivity index (χ2v) is 14.0. The fraction of sp³-hybridized carbons (Fsp3) is 0.733. The molecule has 5 fully saturated rings. The molecule has 2 saturated heterocycles. The predicted octanol–water partition coefficient (Wildman–Crippen LogP) is 5.16. The van der Waals surface area contributed by atoms with E-state index in [4.69, 9.17) is 18.8 Å². The number of nitrogens with zero attached hydrogens (tertiary/aromatic N) is 1. The number of carbonyl (C=O) groups is 2. The van der Waals surface area contributed by atoms with Gasteiger partial charge in [-0.2, -0.15) is 0 Å². The topological polar surface area (TPSA) is 86.3 Å². The van der Waals surface area contributed by atoms with Crippen LogP contribution >= 0.6 is 0 Å². The van der Waals surface area contributed by atoms with E-state index in [1.807, 2.05) is 20.8 Å². The zero-order chi connectivity index (χ0) is 28.2. The maximum absolute atomic E-state index is 13.0. The number of amides is 2. The third-order valence-electron chi connectivity index (χ3n) is 9.56. The summed E-state index contributed by atoms with van der Waals surface area (Å²) in [6.45, 7) is 15.9. The van der Waals surface area contributed by atoms with E-state index in [1.165, 1.54) is 12.0 Å². The average Bonchev–Trinajstić information content (AvgIpc) is 3.46. The van der Waals surface area contributed by atoms with Gasteiger partial charge in [0.2, 0.25) is 0 Å². The number of benzene rings is 1. The lowest BCUT2D eigenvalue weighted by molar-refractivity contribution is -0.199. The Balaban J connectivity index is 1.20. The molecule has 0 radical (unpaired) electrons. The van der Waals surface area contributed by atoms with Crippen molar-refractivity contribution in [3.8, 4) is 0 Å². The lowest BCUT2D eigenvalue weighted by Gasteiger charge is -2.64. The van der Waals surface area contributed by atoms with Crippen LogP contribution in [0.4, 0.5) is 9.59 Å². The Hall–Kier alpha value is -2.26. The molecule has 2 aliphatic heterocycles. The molecular formula is C30H45BN2O6. The van der Waals surface area contributed by atoms with Crippen molar-refractivity contribution >= 4 is 19.3 Å². The first kappa shape index (κ1) is 28.3. The highest BCUT2D eigenvalue weighted by Gasteiger charge is 2.68. The van der Waals surface area contributed by atoms with Gasteiger partial charge in [0.15, 0.2) is 0 Å². The van der Waals surface area contributed by atoms with Gasteiger partial charge in [-0.15, -0.1) is 0 Å². The highest BCUT2D eigenvalue weighted by atomic mass is 16.7. The average molecular weight is 541 g/mol. The Labute approximate surface area is 233 Å². The van der Waals surface area contributed by atoms with Gasteiger partial charge in [0.25, 0.3) is 0 Å². The molecule has 1 aromatic rings. The second kappa shape index (κ2) is 10.3. The number of likely N-dealkylation sites (tertiary alicyclic amines) is 1. The van der Waals surface area contributed by atoms with Crippen LogP contribution in [0.1, 0.15) is 71.9 Å². The fourth-order valence-electron chi connectivity index (χ4n) is 7.11. The molecule has 1 aromatic carbocycles. The van der Waals surface area contributed by atoms with Gasteiger partial charge in [0, 0.05) is 19.0 Å². The molecule has 6 atom stereocenters. The molecule has 9 heteroatoms. The first-order valence-corrected chi connectivity index (χ1v) is 14.5. The van der Waals surface area contributed by atoms with E-state index in [9.17, 15) is 9.59 Å². The summed E-state index contributed by atoms with van der Waals surface area (Å²) in [5, 5.41) is 3.07. The Morgan fingerprint density at radius 2 is 1.90 bits per heavy atom. The van der Waals surface area contributed by atoms with E-state index in [2.05, 4.69) is 57.3 Å². The minimum absolute atomic E-state index is 0.0370. The second-order valence-electron chi connectivity index (χ2n) is 14.0. The molecule has 2 amide bonds. The van der Waals surface area contributed by atoms with Crippen LogP contribution in [0, 0.1) is 30.1 Å². The number of nitrogens with one attached hydrogen (secondary N) is 1. The number of carbonyl (C=O) groups excluding carboxylic acids is 2. The summed E-state index contributed by atoms with van der Waals surface area (Å²) in [5.74, 6) is 0.794. The van der Waals surface area contributed by atoms with Crippen molar-refractivity contribution in [1.29, 1.82) is 0 Å². The summed E-state index contributed by atoms with van der Waals surface area (Å²) in [5.41, 5.74) is 1.65. The number of aryl methyl sites for hydroxylation is 1. The van der Waals surface area contributed by atoms with E-state index < -0.39 is 18.8 Å². The molecule has 2 bridgehead atoms. The van der Waals surface area contributed by atoms with Gasteiger partial charge >= 0.3 is 19.3 Å². The molecule has 1 unspecified atom stereocenters. The molecule has 1 N–H and O–H groups in total. The molecule has 5 aliphatic rings. The van der Waals surface area contributed by atoms with E-state index in [0.29, 0.717) is 31.3 Å². The van der Waals surface area contributed by atoms with Gasteiger partial charge in [-0.3, -0.25) is 0 Å². The van der Waals surface area contributed by atoms with Crippen molar-refractivity contribution < 1.29 is 28.4 Å². The van der Waals surface area contributed by atoms with Crippen LogP contribution in [-0.2, 0) is 25.2 Å². The van der Waals surface area contributed by atoms with Crippen molar-refractivity contribution in [1.82, 2.24) is 10.2 Å². The monoisotopic (exact) mass is 540 g/mol. The van der Waals surface area contributed by atoms with E-state index in [-0.39, 0.29) is 41.7 Å². The molecule has 0 aromatic heterocycles. The molecule has 3 aliphatic carbocycles. The molecule has 214 valence electrons. The van der Waals surface area contributed by atoms with Crippen LogP contribution in [0.25, 0.3) is 0 Å². The highest BCUT2D eigenvalue weighted by Crippen LogP contribution is 2.65. The Morgan fingerprint density at radius 1 is 1.18 bits per heavy atom. The summed E-state index contributed by atoms with van der Waals surface area (Å²) in [6.07, 6.45) is 2.75. The van der Waals surface area contributed by atoms with Gasteiger partial charge in [-0.25, -0.2) is 9.59 Å². The zero-order valence-corrected chi connectivity index (χ0v) is 24.6. The van der Waals surface area contributed by atoms with Crippen molar-refractivity contribution in [2.45, 2.75) is 97.4 Å². The normalized spacial score (nSPS) is 31.8. The lowest BCUT2D eigenvalue weighted by Crippen LogP contribution is -2.65. The Bertz CT molecular complexity index is 1070. The molecule has 2 heterocycles. The summed E-state index contributed by atoms with van der Waals surface area (Å²) in [7, 11) is -0.543. The molecular weight excluding hydrogens is 495 g/mol. The first-order valence-electron chi connectivity index (χ1n) is 14.5. The zero-order valence-electron chi connectivity index (χ0n) is 24.6. The summed E-state index contributed by atoms with van der Waals surface area (Å²) >= 11 is 0. The van der Waals surface area contributed by atoms with Gasteiger partial charge in [-0.05, 0) is 83.1 Å². The number of ether oxygens (including phenoxy) is 2. The third kappa shape index (κ3) is 5.80. The smallest absolute Gasteiger partial charge is 0.449 e. The predicted molar refractivity (Wildman–Crippen MR) is 149 cm³/mol. The third-order valence-corrected chi connectivity index (χ3v) is 9.56. The molecule has 3 saturated carbocycles. The summed E-state index contributed by atoms with van der Waals surface area (Å²) in [4.78, 5) is 27.1. The van der Waals surface area contributed by atoms with E-state index in [0.717, 1.165) is 18.4 Å². The fourth-order valence-corrected chi connectivity index (χ4v) is 7.11. The van der Waals surface area contributed by atoms with Crippen LogP contribution < -0.4 is 5.32 Å². The first-order chi connectivity index (χ1) is 18.2. The maximum atomic E-state index is 13.0. The SMILES string of the molecule is Cc1ccc(C[C@H](NC(=O)OC[C@H]2CCN(C(=O)OC(C)(C)C)C2)B2OC3C[C@@H]4C[C@@H](C4(C)C)[C@]3(C)O2)cc1. The largest absolute Gasteiger partial charge is 0.482 e. The Morgan fingerprint density at radius 3 is 2.56 bits per heavy atom. The van der Waals surface area contributed by atoms with Crippen molar-refractivity contribution in [2.75, 3.05) is 19.7 Å². The Kier molecular flexibility index (Phi) is 7.46. The van der Waals surface area contributed by atoms with Crippen LogP contribution in [0.15, 0.2) is 24.3 Å². The number of alkyl carbamates (subject to hydrolysis) is 1. The van der Waals surface area contributed by atoms with Crippen LogP contribution in [0.5, 0.6) is 0 Å². The van der Waals surface area contributed by atoms with E-state index in [1.54, 1.807) is 4.90 Å². The van der Waals surface area contributed by atoms with Crippen LogP contribution in [0.2, 0.25) is 0 Å². The van der Waals surface area contributed by atoms with Gasteiger partial charge in [-0.1, -0.05) is 43.7 Å². The molecule has 0 spiro atoms. The van der Waals surface area contributed by atoms with Gasteiger partial charge < -0.3 is 29.0 Å². The van der Waals surface area contributed by atoms with Gasteiger partial charge in [0.1, 0.15) is 5.60 Å². The minimum atomic E-state index is -0.543. The number of rotatable bonds is 6. The van der Waals surface area contributed by atoms with Crippen molar-refractivity contribution in [2.24, 2.45) is 23.2 Å². The highest BCUT2D eigenvalue weighted by molar-refractivity contribution is 6.47. The van der Waals surface area contributed by atoms with Crippen LogP contribution in [-0.4, -0.2) is 67.1 Å². The van der Waals surface area contributed by atoms with E-state index >= 15 is 0 Å². The molecule has 8 nitrogen and oxygen atoms in total. The number of hydrogen-bond donors (Lipinski definition) is 1. The molecule has 6 rings (SSSR count). The number of hydrogen-bond acceptors (Lipinski definition) is 6. The van der Waals surface area contributed by atoms with Crippen molar-refractivity contribution in [3.63, 3.8) is 0 Å².